The molecule has 3 aromatic carbocycles. The van der Waals surface area contributed by atoms with Crippen LogP contribution in [0.15, 0.2) is 103 Å². The van der Waals surface area contributed by atoms with E-state index in [1.807, 2.05) is 18.2 Å². The smallest absolute Gasteiger partial charge is 0.150 e. The average Bonchev–Trinajstić information content (AvgIpc) is 3.04. The van der Waals surface area contributed by atoms with Crippen molar-refractivity contribution in [3.8, 4) is 29.5 Å². The number of hydrogen-bond donors (Lipinski definition) is 1. The van der Waals surface area contributed by atoms with Gasteiger partial charge >= 0.3 is 0 Å². The molecule has 6 rings (SSSR count). The first-order valence-corrected chi connectivity index (χ1v) is 14.2. The molecule has 5 nitrogen and oxygen atoms in total. The summed E-state index contributed by atoms with van der Waals surface area (Å²) in [5.74, 6) is 3.77. The molecule has 1 N–H and O–H groups in total. The third-order valence-electron chi connectivity index (χ3n) is 7.91. The van der Waals surface area contributed by atoms with Crippen LogP contribution in [-0.2, 0) is 0 Å². The molecule has 1 fully saturated rings. The van der Waals surface area contributed by atoms with Crippen molar-refractivity contribution in [2.75, 3.05) is 36.4 Å². The quantitative estimate of drug-likeness (QED) is 0.210. The third-order valence-corrected chi connectivity index (χ3v) is 7.91. The number of anilines is 2. The van der Waals surface area contributed by atoms with E-state index in [1.54, 1.807) is 6.20 Å². The number of allylic oxidation sites excluding steroid dienone is 2. The second-order valence-electron chi connectivity index (χ2n) is 10.5. The fourth-order valence-corrected chi connectivity index (χ4v) is 5.63. The lowest BCUT2D eigenvalue weighted by molar-refractivity contribution is 0.325. The van der Waals surface area contributed by atoms with Crippen LogP contribution in [0.25, 0.3) is 34.2 Å². The zero-order chi connectivity index (χ0) is 28.9. The molecule has 1 aromatic heterocycles. The fraction of sp³-hybridized carbons (Fsp3) is 0.162. The van der Waals surface area contributed by atoms with E-state index in [2.05, 4.69) is 117 Å². The Balaban J connectivity index is 1.21. The van der Waals surface area contributed by atoms with E-state index in [4.69, 9.17) is 6.42 Å². The van der Waals surface area contributed by atoms with Crippen molar-refractivity contribution < 1.29 is 0 Å². The fourth-order valence-electron chi connectivity index (χ4n) is 5.63. The molecule has 204 valence electrons. The zero-order valence-corrected chi connectivity index (χ0v) is 23.4. The molecular formula is C37H31N5. The van der Waals surface area contributed by atoms with Crippen LogP contribution in [-0.4, -0.2) is 36.1 Å². The van der Waals surface area contributed by atoms with Crippen molar-refractivity contribution in [2.24, 2.45) is 5.92 Å². The highest BCUT2D eigenvalue weighted by molar-refractivity contribution is 5.97. The van der Waals surface area contributed by atoms with Crippen LogP contribution in [0.1, 0.15) is 23.1 Å². The molecule has 0 spiro atoms. The first-order valence-electron chi connectivity index (χ1n) is 14.2. The van der Waals surface area contributed by atoms with E-state index in [0.29, 0.717) is 5.56 Å². The SMILES string of the molecule is C#CC1C=Cc2cc3ncc(C#N)c(N4CCN(C(=C=C)Nc5ccc(-c6ccccc6)cc5)CC4)c3cc2C=CC1. The summed E-state index contributed by atoms with van der Waals surface area (Å²) in [6.45, 7) is 7.00. The molecule has 1 atom stereocenters. The van der Waals surface area contributed by atoms with Gasteiger partial charge in [-0.25, -0.2) is 0 Å². The van der Waals surface area contributed by atoms with Crippen LogP contribution in [0.3, 0.4) is 0 Å². The highest BCUT2D eigenvalue weighted by Gasteiger charge is 2.24. The highest BCUT2D eigenvalue weighted by Crippen LogP contribution is 2.34. The third kappa shape index (κ3) is 5.43. The molecule has 2 heterocycles. The van der Waals surface area contributed by atoms with Crippen LogP contribution < -0.4 is 10.2 Å². The molecule has 0 bridgehead atoms. The van der Waals surface area contributed by atoms with Crippen molar-refractivity contribution in [1.82, 2.24) is 9.88 Å². The van der Waals surface area contributed by atoms with E-state index in [-0.39, 0.29) is 5.92 Å². The molecule has 0 saturated carbocycles. The van der Waals surface area contributed by atoms with Crippen LogP contribution in [0.4, 0.5) is 11.4 Å². The number of nitrogens with zero attached hydrogens (tertiary/aromatic N) is 4. The van der Waals surface area contributed by atoms with Crippen LogP contribution in [0, 0.1) is 29.6 Å². The minimum absolute atomic E-state index is 0.0866. The molecule has 2 aliphatic rings. The molecule has 0 radical (unpaired) electrons. The summed E-state index contributed by atoms with van der Waals surface area (Å²) in [5.41, 5.74) is 11.0. The van der Waals surface area contributed by atoms with E-state index < -0.39 is 0 Å². The number of nitriles is 1. The van der Waals surface area contributed by atoms with Gasteiger partial charge in [-0.3, -0.25) is 4.98 Å². The largest absolute Gasteiger partial charge is 0.366 e. The van der Waals surface area contributed by atoms with Gasteiger partial charge in [-0.1, -0.05) is 85.0 Å². The standard InChI is InChI=1S/C37H31N5/c1-3-27-9-8-12-30-23-34-35(24-31(30)14-13-27)39-26-32(25-38)37(34)42-21-19-41(20-22-42)36(4-2)40-33-17-15-29(16-18-33)28-10-6-5-7-11-28/h1,5-8,10-18,23-24,26-27,40H,2,9,19-22H2. The maximum Gasteiger partial charge on any atom is 0.150 e. The number of rotatable bonds is 5. The second kappa shape index (κ2) is 11.9. The monoisotopic (exact) mass is 545 g/mol. The number of nitrogens with one attached hydrogen (secondary N) is 1. The van der Waals surface area contributed by atoms with Crippen molar-refractivity contribution in [1.29, 1.82) is 5.26 Å². The summed E-state index contributed by atoms with van der Waals surface area (Å²) in [6, 6.07) is 25.4. The van der Waals surface area contributed by atoms with E-state index in [0.717, 1.165) is 71.8 Å². The Morgan fingerprint density at radius 3 is 2.40 bits per heavy atom. The topological polar surface area (TPSA) is 55.2 Å². The van der Waals surface area contributed by atoms with Gasteiger partial charge in [0.1, 0.15) is 6.07 Å². The van der Waals surface area contributed by atoms with Gasteiger partial charge in [0.25, 0.3) is 0 Å². The van der Waals surface area contributed by atoms with Gasteiger partial charge in [0.05, 0.1) is 16.8 Å². The van der Waals surface area contributed by atoms with Crippen molar-refractivity contribution >= 4 is 34.4 Å². The molecule has 1 unspecified atom stereocenters. The van der Waals surface area contributed by atoms with Gasteiger partial charge < -0.3 is 15.1 Å². The number of hydrogen-bond acceptors (Lipinski definition) is 5. The Morgan fingerprint density at radius 2 is 1.69 bits per heavy atom. The highest BCUT2D eigenvalue weighted by atomic mass is 15.3. The Hall–Kier alpha value is -5.48. The maximum absolute atomic E-state index is 10.0. The molecule has 4 aromatic rings. The minimum atomic E-state index is 0.0866. The summed E-state index contributed by atoms with van der Waals surface area (Å²) in [4.78, 5) is 9.21. The maximum atomic E-state index is 10.0. The normalized spacial score (nSPS) is 16.0. The average molecular weight is 546 g/mol. The van der Waals surface area contributed by atoms with Gasteiger partial charge in [-0.2, -0.15) is 5.26 Å². The summed E-state index contributed by atoms with van der Waals surface area (Å²) < 4.78 is 0. The first-order chi connectivity index (χ1) is 20.7. The van der Waals surface area contributed by atoms with Crippen molar-refractivity contribution in [3.05, 3.63) is 120 Å². The van der Waals surface area contributed by atoms with Gasteiger partial charge in [-0.05, 0) is 52.9 Å². The molecule has 42 heavy (non-hydrogen) atoms. The van der Waals surface area contributed by atoms with E-state index in [9.17, 15) is 5.26 Å². The Bertz CT molecular complexity index is 1810. The van der Waals surface area contributed by atoms with Gasteiger partial charge in [0.15, 0.2) is 5.82 Å². The minimum Gasteiger partial charge on any atom is -0.366 e. The second-order valence-corrected chi connectivity index (χ2v) is 10.5. The van der Waals surface area contributed by atoms with Gasteiger partial charge in [0, 0.05) is 49.4 Å². The predicted molar refractivity (Wildman–Crippen MR) is 173 cm³/mol. The van der Waals surface area contributed by atoms with E-state index >= 15 is 0 Å². The molecule has 1 aliphatic carbocycles. The number of piperazine rings is 1. The molecule has 1 saturated heterocycles. The summed E-state index contributed by atoms with van der Waals surface area (Å²) in [6.07, 6.45) is 16.6. The van der Waals surface area contributed by atoms with Crippen LogP contribution in [0.2, 0.25) is 0 Å². The molecule has 0 amide bonds. The number of fused-ring (bicyclic) bond motifs is 2. The molecule has 5 heteroatoms. The van der Waals surface area contributed by atoms with Crippen LogP contribution in [0.5, 0.6) is 0 Å². The van der Waals surface area contributed by atoms with Gasteiger partial charge in [0.2, 0.25) is 0 Å². The lowest BCUT2D eigenvalue weighted by atomic mass is 9.95. The Kier molecular flexibility index (Phi) is 7.60. The van der Waals surface area contributed by atoms with Crippen molar-refractivity contribution in [2.45, 2.75) is 6.42 Å². The number of terminal acetylenes is 1. The number of pyridine rings is 1. The summed E-state index contributed by atoms with van der Waals surface area (Å²) in [5, 5.41) is 14.5. The number of aromatic nitrogens is 1. The van der Waals surface area contributed by atoms with Crippen LogP contribution >= 0.6 is 0 Å². The summed E-state index contributed by atoms with van der Waals surface area (Å²) >= 11 is 0. The molecular weight excluding hydrogens is 514 g/mol. The van der Waals surface area contributed by atoms with Gasteiger partial charge in [-0.15, -0.1) is 6.42 Å². The van der Waals surface area contributed by atoms with E-state index in [1.165, 1.54) is 11.1 Å². The Labute approximate surface area is 247 Å². The lowest BCUT2D eigenvalue weighted by Crippen LogP contribution is -2.47. The number of benzene rings is 3. The van der Waals surface area contributed by atoms with Crippen molar-refractivity contribution in [3.63, 3.8) is 0 Å². The molecule has 1 aliphatic heterocycles. The summed E-state index contributed by atoms with van der Waals surface area (Å²) in [7, 11) is 0. The lowest BCUT2D eigenvalue weighted by Gasteiger charge is -2.38. The first kappa shape index (κ1) is 26.7. The zero-order valence-electron chi connectivity index (χ0n) is 23.4. The Morgan fingerprint density at radius 1 is 0.952 bits per heavy atom. The predicted octanol–water partition coefficient (Wildman–Crippen LogP) is 7.31.